The minimum absolute atomic E-state index is 0.00199. The van der Waals surface area contributed by atoms with Crippen LogP contribution in [-0.2, 0) is 9.59 Å². The molecule has 1 aromatic carbocycles. The summed E-state index contributed by atoms with van der Waals surface area (Å²) in [6.07, 6.45) is 3.18. The van der Waals surface area contributed by atoms with Crippen molar-refractivity contribution < 1.29 is 14.3 Å². The lowest BCUT2D eigenvalue weighted by atomic mass is 10.0. The Kier molecular flexibility index (Phi) is 7.89. The number of ether oxygens (including phenoxy) is 1. The van der Waals surface area contributed by atoms with Crippen LogP contribution in [0.4, 0.5) is 0 Å². The van der Waals surface area contributed by atoms with Gasteiger partial charge in [0.15, 0.2) is 0 Å². The van der Waals surface area contributed by atoms with Crippen molar-refractivity contribution in [1.82, 2.24) is 10.2 Å². The van der Waals surface area contributed by atoms with Gasteiger partial charge in [0.25, 0.3) is 0 Å². The molecule has 5 nitrogen and oxygen atoms in total. The molecule has 1 fully saturated rings. The minimum atomic E-state index is -0.00199. The van der Waals surface area contributed by atoms with Gasteiger partial charge >= 0.3 is 0 Å². The number of benzene rings is 1. The SMILES string of the molecule is O=C(CCOc1ccccc1)NC1CCN(C(=O)CCCCl)CC1. The molecular formula is C18H25ClN2O3. The number of hydrogen-bond donors (Lipinski definition) is 1. The quantitative estimate of drug-likeness (QED) is 0.731. The molecule has 1 aliphatic rings. The van der Waals surface area contributed by atoms with Crippen molar-refractivity contribution in [2.45, 2.75) is 38.1 Å². The molecule has 2 rings (SSSR count). The summed E-state index contributed by atoms with van der Waals surface area (Å²) in [6.45, 7) is 1.77. The molecule has 1 aliphatic heterocycles. The Morgan fingerprint density at radius 3 is 2.54 bits per heavy atom. The fraction of sp³-hybridized carbons (Fsp3) is 0.556. The van der Waals surface area contributed by atoms with Gasteiger partial charge in [-0.2, -0.15) is 0 Å². The summed E-state index contributed by atoms with van der Waals surface area (Å²) in [6, 6.07) is 9.61. The van der Waals surface area contributed by atoms with E-state index in [1.165, 1.54) is 0 Å². The van der Waals surface area contributed by atoms with E-state index >= 15 is 0 Å². The first-order valence-electron chi connectivity index (χ1n) is 8.50. The Hall–Kier alpha value is -1.75. The number of halogens is 1. The van der Waals surface area contributed by atoms with Crippen molar-refractivity contribution in [1.29, 1.82) is 0 Å². The van der Waals surface area contributed by atoms with Crippen LogP contribution in [0.25, 0.3) is 0 Å². The van der Waals surface area contributed by atoms with Gasteiger partial charge in [-0.05, 0) is 31.4 Å². The Bertz CT molecular complexity index is 516. The normalized spacial score (nSPS) is 15.1. The molecular weight excluding hydrogens is 328 g/mol. The third-order valence-electron chi connectivity index (χ3n) is 4.08. The number of carbonyl (C=O) groups is 2. The number of likely N-dealkylation sites (tertiary alicyclic amines) is 1. The molecule has 1 heterocycles. The van der Waals surface area contributed by atoms with Crippen molar-refractivity contribution >= 4 is 23.4 Å². The number of alkyl halides is 1. The summed E-state index contributed by atoms with van der Waals surface area (Å²) in [7, 11) is 0. The molecule has 0 bridgehead atoms. The van der Waals surface area contributed by atoms with Gasteiger partial charge in [0.2, 0.25) is 11.8 Å². The van der Waals surface area contributed by atoms with Gasteiger partial charge in [0.05, 0.1) is 13.0 Å². The monoisotopic (exact) mass is 352 g/mol. The van der Waals surface area contributed by atoms with Crippen molar-refractivity contribution in [2.75, 3.05) is 25.6 Å². The predicted molar refractivity (Wildman–Crippen MR) is 94.3 cm³/mol. The summed E-state index contributed by atoms with van der Waals surface area (Å²) in [5, 5.41) is 3.03. The fourth-order valence-corrected chi connectivity index (χ4v) is 2.86. The first kappa shape index (κ1) is 18.6. The predicted octanol–water partition coefficient (Wildman–Crippen LogP) is 2.58. The summed E-state index contributed by atoms with van der Waals surface area (Å²) in [4.78, 5) is 25.8. The van der Waals surface area contributed by atoms with E-state index in [2.05, 4.69) is 5.32 Å². The highest BCUT2D eigenvalue weighted by Crippen LogP contribution is 2.13. The molecule has 0 radical (unpaired) electrons. The first-order chi connectivity index (χ1) is 11.7. The van der Waals surface area contributed by atoms with E-state index in [1.807, 2.05) is 35.2 Å². The van der Waals surface area contributed by atoms with Crippen LogP contribution < -0.4 is 10.1 Å². The van der Waals surface area contributed by atoms with Gasteiger partial charge in [-0.1, -0.05) is 18.2 Å². The molecule has 0 unspecified atom stereocenters. The highest BCUT2D eigenvalue weighted by molar-refractivity contribution is 6.17. The molecule has 0 spiro atoms. The molecule has 2 amide bonds. The van der Waals surface area contributed by atoms with Gasteiger partial charge in [0, 0.05) is 31.4 Å². The van der Waals surface area contributed by atoms with Crippen LogP contribution in [0.1, 0.15) is 32.1 Å². The van der Waals surface area contributed by atoms with Gasteiger partial charge < -0.3 is 15.0 Å². The van der Waals surface area contributed by atoms with Crippen molar-refractivity contribution in [2.24, 2.45) is 0 Å². The van der Waals surface area contributed by atoms with E-state index in [4.69, 9.17) is 16.3 Å². The van der Waals surface area contributed by atoms with Crippen LogP contribution in [0.3, 0.4) is 0 Å². The minimum Gasteiger partial charge on any atom is -0.493 e. The number of amides is 2. The zero-order valence-corrected chi connectivity index (χ0v) is 14.6. The number of nitrogens with one attached hydrogen (secondary N) is 1. The summed E-state index contributed by atoms with van der Waals surface area (Å²) in [5.74, 6) is 1.45. The van der Waals surface area contributed by atoms with Crippen LogP contribution in [0.5, 0.6) is 5.75 Å². The second-order valence-electron chi connectivity index (χ2n) is 5.93. The number of nitrogens with zero attached hydrogens (tertiary/aromatic N) is 1. The average Bonchev–Trinajstić information content (AvgIpc) is 2.61. The van der Waals surface area contributed by atoms with Gasteiger partial charge in [-0.3, -0.25) is 9.59 Å². The Morgan fingerprint density at radius 2 is 1.88 bits per heavy atom. The standard InChI is InChI=1S/C18H25ClN2O3/c19-11-4-7-18(23)21-12-8-15(9-13-21)20-17(22)10-14-24-16-5-2-1-3-6-16/h1-3,5-6,15H,4,7-14H2,(H,20,22). The third kappa shape index (κ3) is 6.40. The van der Waals surface area contributed by atoms with E-state index in [-0.39, 0.29) is 17.9 Å². The highest BCUT2D eigenvalue weighted by atomic mass is 35.5. The van der Waals surface area contributed by atoms with Crippen LogP contribution in [0.15, 0.2) is 30.3 Å². The van der Waals surface area contributed by atoms with Crippen molar-refractivity contribution in [3.63, 3.8) is 0 Å². The molecule has 24 heavy (non-hydrogen) atoms. The molecule has 1 saturated heterocycles. The zero-order valence-electron chi connectivity index (χ0n) is 13.9. The smallest absolute Gasteiger partial charge is 0.223 e. The molecule has 0 aliphatic carbocycles. The number of hydrogen-bond acceptors (Lipinski definition) is 3. The summed E-state index contributed by atoms with van der Waals surface area (Å²) >= 11 is 5.62. The topological polar surface area (TPSA) is 58.6 Å². The van der Waals surface area contributed by atoms with E-state index in [9.17, 15) is 9.59 Å². The average molecular weight is 353 g/mol. The number of para-hydroxylation sites is 1. The molecule has 1 aromatic rings. The zero-order chi connectivity index (χ0) is 17.2. The van der Waals surface area contributed by atoms with Gasteiger partial charge in [-0.15, -0.1) is 11.6 Å². The maximum absolute atomic E-state index is 12.0. The van der Waals surface area contributed by atoms with Crippen LogP contribution >= 0.6 is 11.6 Å². The van der Waals surface area contributed by atoms with E-state index in [0.717, 1.165) is 25.0 Å². The molecule has 6 heteroatoms. The summed E-state index contributed by atoms with van der Waals surface area (Å²) < 4.78 is 5.53. The highest BCUT2D eigenvalue weighted by Gasteiger charge is 2.23. The lowest BCUT2D eigenvalue weighted by Crippen LogP contribution is -2.46. The van der Waals surface area contributed by atoms with E-state index in [1.54, 1.807) is 0 Å². The van der Waals surface area contributed by atoms with E-state index < -0.39 is 0 Å². The Balaban J connectivity index is 1.61. The molecule has 0 atom stereocenters. The van der Waals surface area contributed by atoms with Crippen LogP contribution in [-0.4, -0.2) is 48.3 Å². The molecule has 1 N–H and O–H groups in total. The lowest BCUT2D eigenvalue weighted by Gasteiger charge is -2.32. The lowest BCUT2D eigenvalue weighted by molar-refractivity contribution is -0.132. The Morgan fingerprint density at radius 1 is 1.17 bits per heavy atom. The Labute approximate surface area is 148 Å². The van der Waals surface area contributed by atoms with Gasteiger partial charge in [0.1, 0.15) is 5.75 Å². The fourth-order valence-electron chi connectivity index (χ4n) is 2.73. The van der Waals surface area contributed by atoms with Crippen molar-refractivity contribution in [3.8, 4) is 5.75 Å². The van der Waals surface area contributed by atoms with E-state index in [0.29, 0.717) is 38.4 Å². The first-order valence-corrected chi connectivity index (χ1v) is 9.03. The number of carbonyl (C=O) groups excluding carboxylic acids is 2. The molecule has 0 saturated carbocycles. The third-order valence-corrected chi connectivity index (χ3v) is 4.35. The second-order valence-corrected chi connectivity index (χ2v) is 6.30. The molecule has 132 valence electrons. The summed E-state index contributed by atoms with van der Waals surface area (Å²) in [5.41, 5.74) is 0. The maximum Gasteiger partial charge on any atom is 0.223 e. The van der Waals surface area contributed by atoms with Crippen molar-refractivity contribution in [3.05, 3.63) is 30.3 Å². The van der Waals surface area contributed by atoms with Gasteiger partial charge in [-0.25, -0.2) is 0 Å². The number of rotatable bonds is 8. The van der Waals surface area contributed by atoms with Crippen LogP contribution in [0.2, 0.25) is 0 Å². The largest absolute Gasteiger partial charge is 0.493 e. The molecule has 0 aromatic heterocycles. The number of piperidine rings is 1. The second kappa shape index (κ2) is 10.2. The maximum atomic E-state index is 12.0. The van der Waals surface area contributed by atoms with Crippen LogP contribution in [0, 0.1) is 0 Å².